The molecule has 26 heavy (non-hydrogen) atoms. The first-order valence-electron chi connectivity index (χ1n) is 8.09. The Morgan fingerprint density at radius 3 is 2.69 bits per heavy atom. The SMILES string of the molecule is CCSc1nnc(NC(=O)c2ccc(=O)n(Cc3ccc(C)cc3)c2)s1. The number of pyridine rings is 1. The number of carbonyl (C=O) groups excluding carboxylic acids is 1. The van der Waals surface area contributed by atoms with Crippen molar-refractivity contribution in [3.63, 3.8) is 0 Å². The third kappa shape index (κ3) is 4.59. The molecule has 0 bridgehead atoms. The molecule has 0 atom stereocenters. The maximum atomic E-state index is 12.4. The summed E-state index contributed by atoms with van der Waals surface area (Å²) in [6, 6.07) is 10.9. The normalized spacial score (nSPS) is 10.7. The molecule has 0 fully saturated rings. The van der Waals surface area contributed by atoms with Crippen LogP contribution in [0.2, 0.25) is 0 Å². The van der Waals surface area contributed by atoms with E-state index in [0.717, 1.165) is 21.2 Å². The van der Waals surface area contributed by atoms with Crippen LogP contribution in [0.3, 0.4) is 0 Å². The first-order chi connectivity index (χ1) is 12.5. The molecule has 0 radical (unpaired) electrons. The molecule has 0 aliphatic carbocycles. The molecule has 6 nitrogen and oxygen atoms in total. The Hall–Kier alpha value is -2.45. The minimum Gasteiger partial charge on any atom is -0.310 e. The fourth-order valence-corrected chi connectivity index (χ4v) is 3.93. The largest absolute Gasteiger partial charge is 0.310 e. The van der Waals surface area contributed by atoms with Crippen molar-refractivity contribution in [1.82, 2.24) is 14.8 Å². The summed E-state index contributed by atoms with van der Waals surface area (Å²) in [6.07, 6.45) is 1.57. The zero-order valence-electron chi connectivity index (χ0n) is 14.4. The lowest BCUT2D eigenvalue weighted by Gasteiger charge is -2.08. The minimum atomic E-state index is -0.313. The highest BCUT2D eigenvalue weighted by Gasteiger charge is 2.12. The van der Waals surface area contributed by atoms with Crippen molar-refractivity contribution in [2.24, 2.45) is 0 Å². The van der Waals surface area contributed by atoms with Crippen LogP contribution in [0, 0.1) is 6.92 Å². The number of nitrogens with zero attached hydrogens (tertiary/aromatic N) is 3. The first-order valence-corrected chi connectivity index (χ1v) is 9.89. The van der Waals surface area contributed by atoms with Gasteiger partial charge in [0.15, 0.2) is 4.34 Å². The van der Waals surface area contributed by atoms with Crippen LogP contribution in [-0.2, 0) is 6.54 Å². The summed E-state index contributed by atoms with van der Waals surface area (Å²) in [4.78, 5) is 24.6. The van der Waals surface area contributed by atoms with E-state index in [1.807, 2.05) is 38.1 Å². The van der Waals surface area contributed by atoms with Crippen LogP contribution in [0.5, 0.6) is 0 Å². The molecule has 1 amide bonds. The van der Waals surface area contributed by atoms with Crippen LogP contribution < -0.4 is 10.9 Å². The number of anilines is 1. The molecule has 3 rings (SSSR count). The van der Waals surface area contributed by atoms with Gasteiger partial charge in [0.1, 0.15) is 0 Å². The van der Waals surface area contributed by atoms with Crippen molar-refractivity contribution in [2.45, 2.75) is 24.7 Å². The van der Waals surface area contributed by atoms with Gasteiger partial charge in [-0.2, -0.15) is 0 Å². The Morgan fingerprint density at radius 2 is 1.96 bits per heavy atom. The van der Waals surface area contributed by atoms with Crippen LogP contribution in [0.1, 0.15) is 28.4 Å². The summed E-state index contributed by atoms with van der Waals surface area (Å²) in [6.45, 7) is 4.46. The lowest BCUT2D eigenvalue weighted by molar-refractivity contribution is 0.102. The van der Waals surface area contributed by atoms with Gasteiger partial charge in [0.25, 0.3) is 11.5 Å². The van der Waals surface area contributed by atoms with Gasteiger partial charge in [0.2, 0.25) is 5.13 Å². The number of nitrogens with one attached hydrogen (secondary N) is 1. The number of carbonyl (C=O) groups is 1. The van der Waals surface area contributed by atoms with Crippen molar-refractivity contribution < 1.29 is 4.79 Å². The second kappa shape index (κ2) is 8.29. The van der Waals surface area contributed by atoms with Crippen molar-refractivity contribution in [2.75, 3.05) is 11.1 Å². The standard InChI is InChI=1S/C18H18N4O2S2/c1-3-25-18-21-20-17(26-18)19-16(24)14-8-9-15(23)22(11-14)10-13-6-4-12(2)5-7-13/h4-9,11H,3,10H2,1-2H3,(H,19,20,24). The lowest BCUT2D eigenvalue weighted by atomic mass is 10.1. The summed E-state index contributed by atoms with van der Waals surface area (Å²) in [5, 5.41) is 11.2. The second-order valence-electron chi connectivity index (χ2n) is 5.63. The zero-order valence-corrected chi connectivity index (χ0v) is 16.1. The number of aromatic nitrogens is 3. The van der Waals surface area contributed by atoms with Gasteiger partial charge >= 0.3 is 0 Å². The maximum absolute atomic E-state index is 12.4. The average Bonchev–Trinajstić information content (AvgIpc) is 3.06. The molecule has 8 heteroatoms. The molecule has 1 aromatic carbocycles. The summed E-state index contributed by atoms with van der Waals surface area (Å²) < 4.78 is 2.34. The third-order valence-electron chi connectivity index (χ3n) is 3.61. The third-order valence-corrected chi connectivity index (χ3v) is 5.47. The van der Waals surface area contributed by atoms with Gasteiger partial charge in [-0.25, -0.2) is 0 Å². The van der Waals surface area contributed by atoms with E-state index in [1.54, 1.807) is 18.0 Å². The van der Waals surface area contributed by atoms with Crippen LogP contribution in [0.25, 0.3) is 0 Å². The van der Waals surface area contributed by atoms with Gasteiger partial charge in [0.05, 0.1) is 12.1 Å². The number of aryl methyl sites for hydroxylation is 1. The van der Waals surface area contributed by atoms with E-state index >= 15 is 0 Å². The second-order valence-corrected chi connectivity index (χ2v) is 8.12. The van der Waals surface area contributed by atoms with Crippen molar-refractivity contribution in [3.05, 3.63) is 69.6 Å². The summed E-state index contributed by atoms with van der Waals surface area (Å²) >= 11 is 2.91. The molecule has 0 saturated heterocycles. The van der Waals surface area contributed by atoms with Crippen LogP contribution >= 0.6 is 23.1 Å². The van der Waals surface area contributed by atoms with Gasteiger partial charge in [-0.1, -0.05) is 59.9 Å². The smallest absolute Gasteiger partial charge is 0.258 e. The summed E-state index contributed by atoms with van der Waals surface area (Å²) in [5.41, 5.74) is 2.41. The van der Waals surface area contributed by atoms with Crippen molar-refractivity contribution in [1.29, 1.82) is 0 Å². The minimum absolute atomic E-state index is 0.153. The quantitative estimate of drug-likeness (QED) is 0.519. The molecule has 134 valence electrons. The van der Waals surface area contributed by atoms with E-state index in [4.69, 9.17) is 0 Å². The van der Waals surface area contributed by atoms with E-state index in [1.165, 1.54) is 28.0 Å². The van der Waals surface area contributed by atoms with Crippen LogP contribution in [0.15, 0.2) is 51.7 Å². The predicted octanol–water partition coefficient (Wildman–Crippen LogP) is 3.42. The van der Waals surface area contributed by atoms with Crippen molar-refractivity contribution in [3.8, 4) is 0 Å². The number of amides is 1. The molecule has 0 aliphatic rings. The Balaban J connectivity index is 1.76. The van der Waals surface area contributed by atoms with E-state index < -0.39 is 0 Å². The number of hydrogen-bond acceptors (Lipinski definition) is 6. The monoisotopic (exact) mass is 386 g/mol. The highest BCUT2D eigenvalue weighted by molar-refractivity contribution is 8.01. The molecule has 1 N–H and O–H groups in total. The number of rotatable bonds is 6. The Labute approximate surface area is 159 Å². The summed E-state index contributed by atoms with van der Waals surface area (Å²) in [5.74, 6) is 0.582. The summed E-state index contributed by atoms with van der Waals surface area (Å²) in [7, 11) is 0. The van der Waals surface area contributed by atoms with Gasteiger partial charge in [-0.15, -0.1) is 10.2 Å². The van der Waals surface area contributed by atoms with Gasteiger partial charge < -0.3 is 4.57 Å². The topological polar surface area (TPSA) is 76.9 Å². The van der Waals surface area contributed by atoms with E-state index in [0.29, 0.717) is 17.2 Å². The fraction of sp³-hybridized carbons (Fsp3) is 0.222. The number of hydrogen-bond donors (Lipinski definition) is 1. The molecule has 2 heterocycles. The van der Waals surface area contributed by atoms with Gasteiger partial charge in [-0.3, -0.25) is 14.9 Å². The molecule has 0 unspecified atom stereocenters. The zero-order chi connectivity index (χ0) is 18.5. The fourth-order valence-electron chi connectivity index (χ4n) is 2.29. The highest BCUT2D eigenvalue weighted by Crippen LogP contribution is 2.25. The maximum Gasteiger partial charge on any atom is 0.258 e. The molecule has 0 spiro atoms. The Kier molecular flexibility index (Phi) is 5.85. The van der Waals surface area contributed by atoms with Gasteiger partial charge in [-0.05, 0) is 24.3 Å². The number of thioether (sulfide) groups is 1. The first kappa shape index (κ1) is 18.3. The molecule has 2 aromatic heterocycles. The lowest BCUT2D eigenvalue weighted by Crippen LogP contribution is -2.22. The van der Waals surface area contributed by atoms with Crippen LogP contribution in [-0.4, -0.2) is 26.4 Å². The number of benzene rings is 1. The molecular formula is C18H18N4O2S2. The Morgan fingerprint density at radius 1 is 1.19 bits per heavy atom. The van der Waals surface area contributed by atoms with E-state index in [9.17, 15) is 9.59 Å². The van der Waals surface area contributed by atoms with E-state index in [2.05, 4.69) is 15.5 Å². The van der Waals surface area contributed by atoms with Gasteiger partial charge in [0, 0.05) is 12.3 Å². The average molecular weight is 387 g/mol. The molecule has 0 aliphatic heterocycles. The van der Waals surface area contributed by atoms with E-state index in [-0.39, 0.29) is 11.5 Å². The molecular weight excluding hydrogens is 368 g/mol. The molecule has 0 saturated carbocycles. The van der Waals surface area contributed by atoms with Crippen LogP contribution in [0.4, 0.5) is 5.13 Å². The van der Waals surface area contributed by atoms with Crippen molar-refractivity contribution >= 4 is 34.1 Å². The molecule has 3 aromatic rings. The predicted molar refractivity (Wildman–Crippen MR) is 105 cm³/mol. The Bertz CT molecular complexity index is 964. The highest BCUT2D eigenvalue weighted by atomic mass is 32.2.